The predicted molar refractivity (Wildman–Crippen MR) is 156 cm³/mol. The Kier molecular flexibility index (Phi) is 14.2. The van der Waals surface area contributed by atoms with E-state index in [2.05, 4.69) is 10.6 Å². The molecular formula is C28H48N2O20. The summed E-state index contributed by atoms with van der Waals surface area (Å²) in [6, 6.07) is -3.05. The molecule has 0 saturated carbocycles. The third-order valence-corrected chi connectivity index (χ3v) is 8.97. The van der Waals surface area contributed by atoms with Crippen LogP contribution in [0.1, 0.15) is 20.8 Å². The second-order valence-electron chi connectivity index (χ2n) is 12.6. The van der Waals surface area contributed by atoms with Crippen molar-refractivity contribution in [3.63, 3.8) is 0 Å². The van der Waals surface area contributed by atoms with Crippen molar-refractivity contribution in [1.82, 2.24) is 10.6 Å². The summed E-state index contributed by atoms with van der Waals surface area (Å²) < 4.78 is 39.6. The predicted octanol–water partition coefficient (Wildman–Crippen LogP) is -8.43. The van der Waals surface area contributed by atoms with E-state index in [0.717, 1.165) is 13.8 Å². The van der Waals surface area contributed by atoms with Crippen LogP contribution in [0.2, 0.25) is 0 Å². The van der Waals surface area contributed by atoms with Crippen molar-refractivity contribution in [3.8, 4) is 0 Å². The highest BCUT2D eigenvalue weighted by Gasteiger charge is 2.55. The molecule has 4 aliphatic heterocycles. The maximum Gasteiger partial charge on any atom is 0.217 e. The van der Waals surface area contributed by atoms with Crippen molar-refractivity contribution in [1.29, 1.82) is 0 Å². The minimum Gasteiger partial charge on any atom is -0.394 e. The Morgan fingerprint density at radius 1 is 0.520 bits per heavy atom. The first-order valence-electron chi connectivity index (χ1n) is 15.9. The number of carbonyl (C=O) groups is 2. The minimum absolute atomic E-state index is 0.672. The van der Waals surface area contributed by atoms with Gasteiger partial charge in [-0.05, 0) is 6.92 Å². The minimum atomic E-state index is -1.93. The molecule has 13 N–H and O–H groups in total. The van der Waals surface area contributed by atoms with E-state index >= 15 is 0 Å². The fourth-order valence-corrected chi connectivity index (χ4v) is 6.28. The van der Waals surface area contributed by atoms with Crippen LogP contribution in [0.4, 0.5) is 0 Å². The van der Waals surface area contributed by atoms with Crippen LogP contribution in [0.3, 0.4) is 0 Å². The Labute approximate surface area is 285 Å². The van der Waals surface area contributed by atoms with Crippen LogP contribution >= 0.6 is 0 Å². The Morgan fingerprint density at radius 2 is 1.04 bits per heavy atom. The summed E-state index contributed by atoms with van der Waals surface area (Å²) in [5, 5.41) is 120. The highest BCUT2D eigenvalue weighted by Crippen LogP contribution is 2.34. The molecule has 0 aliphatic carbocycles. The number of hydrogen-bond acceptors (Lipinski definition) is 20. The van der Waals surface area contributed by atoms with Gasteiger partial charge in [-0.15, -0.1) is 0 Å². The van der Waals surface area contributed by atoms with Crippen molar-refractivity contribution in [2.75, 3.05) is 19.8 Å². The van der Waals surface area contributed by atoms with E-state index in [-0.39, 0.29) is 0 Å². The van der Waals surface area contributed by atoms with E-state index in [1.807, 2.05) is 0 Å². The van der Waals surface area contributed by atoms with E-state index in [1.54, 1.807) is 0 Å². The molecule has 0 bridgehead atoms. The standard InChI is InChI=1S/C28H48N2O20/c1-7-15(36)19(40)21(42)27(44-7)50-24-20(41)16(37)10(4-31)46-28(24)48-22-12(6-33)47-26(13(18(22)39)29-8(2)34)49-23-14(30-9(3)35)25(43)45-11(5-32)17(23)38/h7,10-28,31-33,36-43H,4-6H2,1-3H3,(H,29,34)(H,30,35)/t7-,10+,11+,12+,13+,14+,15+,16-,17+,18+,19+,20-,21-,22+,23+,24+,25+,26-,27-,28-/m0/s1. The molecule has 290 valence electrons. The first kappa shape index (κ1) is 41.0. The van der Waals surface area contributed by atoms with Crippen LogP contribution in [0.25, 0.3) is 0 Å². The SMILES string of the molecule is CC(=O)N[C@@H]1[C@@H](O[C@@H]2O[C@H](CO)[C@@H](O[C@@H]3O[C@H](CO)[C@H](O)[C@H](O)[C@H]3O[C@@H]3O[C@@H](C)[C@@H](O)[C@@H](O)[C@@H]3O)[C@H](O)[C@H]2NC(C)=O)[C@H](O)[C@@H](CO)O[C@H]1O. The van der Waals surface area contributed by atoms with E-state index in [4.69, 9.17) is 33.2 Å². The highest BCUT2D eigenvalue weighted by atomic mass is 16.8. The molecule has 4 saturated heterocycles. The van der Waals surface area contributed by atoms with Crippen LogP contribution in [-0.4, -0.2) is 211 Å². The lowest BCUT2D eigenvalue weighted by atomic mass is 9.94. The van der Waals surface area contributed by atoms with Crippen molar-refractivity contribution < 1.29 is 98.9 Å². The molecule has 0 aromatic heterocycles. The molecule has 0 unspecified atom stereocenters. The molecule has 4 fully saturated rings. The molecule has 4 aliphatic rings. The number of amides is 2. The summed E-state index contributed by atoms with van der Waals surface area (Å²) in [7, 11) is 0. The number of aliphatic hydroxyl groups excluding tert-OH is 11. The van der Waals surface area contributed by atoms with Gasteiger partial charge in [0.25, 0.3) is 0 Å². The molecule has 0 aromatic rings. The van der Waals surface area contributed by atoms with E-state index in [0.29, 0.717) is 0 Å². The summed E-state index contributed by atoms with van der Waals surface area (Å²) >= 11 is 0. The van der Waals surface area contributed by atoms with Gasteiger partial charge < -0.3 is 100.0 Å². The van der Waals surface area contributed by atoms with Gasteiger partial charge in [-0.1, -0.05) is 0 Å². The van der Waals surface area contributed by atoms with Gasteiger partial charge in [0.1, 0.15) is 91.4 Å². The lowest BCUT2D eigenvalue weighted by molar-refractivity contribution is -0.385. The highest BCUT2D eigenvalue weighted by molar-refractivity contribution is 5.73. The van der Waals surface area contributed by atoms with Crippen LogP contribution in [0, 0.1) is 0 Å². The summed E-state index contributed by atoms with van der Waals surface area (Å²) in [6.45, 7) is 0.987. The zero-order valence-electron chi connectivity index (χ0n) is 27.3. The molecule has 22 nitrogen and oxygen atoms in total. The smallest absolute Gasteiger partial charge is 0.217 e. The monoisotopic (exact) mass is 732 g/mol. The molecule has 50 heavy (non-hydrogen) atoms. The van der Waals surface area contributed by atoms with Crippen LogP contribution < -0.4 is 10.6 Å². The molecule has 4 heterocycles. The number of carbonyl (C=O) groups excluding carboxylic acids is 2. The first-order chi connectivity index (χ1) is 23.5. The van der Waals surface area contributed by atoms with Crippen molar-refractivity contribution in [2.24, 2.45) is 0 Å². The normalized spacial score (nSPS) is 48.5. The Hall–Kier alpha value is -1.78. The first-order valence-corrected chi connectivity index (χ1v) is 15.9. The number of nitrogens with one attached hydrogen (secondary N) is 2. The van der Waals surface area contributed by atoms with Gasteiger partial charge in [0.2, 0.25) is 11.8 Å². The van der Waals surface area contributed by atoms with Crippen LogP contribution in [0.15, 0.2) is 0 Å². The number of hydrogen-bond donors (Lipinski definition) is 13. The fourth-order valence-electron chi connectivity index (χ4n) is 6.28. The van der Waals surface area contributed by atoms with Gasteiger partial charge in [0, 0.05) is 13.8 Å². The largest absolute Gasteiger partial charge is 0.394 e. The van der Waals surface area contributed by atoms with Crippen molar-refractivity contribution in [2.45, 2.75) is 143 Å². The summed E-state index contributed by atoms with van der Waals surface area (Å²) in [4.78, 5) is 24.2. The Morgan fingerprint density at radius 3 is 1.62 bits per heavy atom. The van der Waals surface area contributed by atoms with Gasteiger partial charge in [-0.25, -0.2) is 0 Å². The molecule has 0 spiro atoms. The number of ether oxygens (including phenoxy) is 7. The summed E-state index contributed by atoms with van der Waals surface area (Å²) in [5.74, 6) is -1.41. The van der Waals surface area contributed by atoms with Gasteiger partial charge in [0.15, 0.2) is 25.2 Å². The second kappa shape index (κ2) is 17.4. The average Bonchev–Trinajstić information content (AvgIpc) is 3.07. The quantitative estimate of drug-likeness (QED) is 0.0938. The summed E-state index contributed by atoms with van der Waals surface area (Å²) in [6.07, 6.45) is -30.2. The zero-order chi connectivity index (χ0) is 37.2. The van der Waals surface area contributed by atoms with Crippen molar-refractivity contribution in [3.05, 3.63) is 0 Å². The van der Waals surface area contributed by atoms with Crippen LogP contribution in [-0.2, 0) is 42.7 Å². The second-order valence-corrected chi connectivity index (χ2v) is 12.6. The molecule has 2 amide bonds. The molecule has 0 radical (unpaired) electrons. The topological polar surface area (TPSA) is 345 Å². The van der Waals surface area contributed by atoms with Crippen molar-refractivity contribution >= 4 is 11.8 Å². The molecular weight excluding hydrogens is 684 g/mol. The van der Waals surface area contributed by atoms with Gasteiger partial charge in [0.05, 0.1) is 25.9 Å². The summed E-state index contributed by atoms with van der Waals surface area (Å²) in [5.41, 5.74) is 0. The number of rotatable bonds is 11. The lowest BCUT2D eigenvalue weighted by Crippen LogP contribution is -2.70. The van der Waals surface area contributed by atoms with Gasteiger partial charge in [-0.3, -0.25) is 9.59 Å². The molecule has 22 heteroatoms. The third-order valence-electron chi connectivity index (χ3n) is 8.97. The molecule has 4 rings (SSSR count). The third kappa shape index (κ3) is 8.70. The van der Waals surface area contributed by atoms with E-state index in [9.17, 15) is 65.8 Å². The maximum atomic E-state index is 12.3. The fraction of sp³-hybridized carbons (Fsp3) is 0.929. The van der Waals surface area contributed by atoms with E-state index < -0.39 is 154 Å². The van der Waals surface area contributed by atoms with Crippen LogP contribution in [0.5, 0.6) is 0 Å². The number of aliphatic hydroxyl groups is 11. The Bertz CT molecular complexity index is 1130. The lowest BCUT2D eigenvalue weighted by Gasteiger charge is -2.50. The molecule has 0 aromatic carbocycles. The van der Waals surface area contributed by atoms with Gasteiger partial charge >= 0.3 is 0 Å². The van der Waals surface area contributed by atoms with E-state index in [1.165, 1.54) is 6.92 Å². The average molecular weight is 733 g/mol. The maximum absolute atomic E-state index is 12.3. The van der Waals surface area contributed by atoms with Gasteiger partial charge in [-0.2, -0.15) is 0 Å². The Balaban J connectivity index is 1.62. The molecule has 20 atom stereocenters. The zero-order valence-corrected chi connectivity index (χ0v) is 27.3.